The van der Waals surface area contributed by atoms with Crippen molar-refractivity contribution in [1.29, 1.82) is 0 Å². The van der Waals surface area contributed by atoms with Gasteiger partial charge in [-0.2, -0.15) is 0 Å². The zero-order valence-electron chi connectivity index (χ0n) is 10.6. The largest absolute Gasteiger partial charge is 0.400 e. The highest BCUT2D eigenvalue weighted by molar-refractivity contribution is 7.52. The number of aliphatic hydroxyl groups excluding tert-OH is 1. The normalized spacial score (nSPS) is 10.3. The number of carbonyl (C=O) groups is 1. The van der Waals surface area contributed by atoms with E-state index in [1.165, 1.54) is 12.8 Å². The second-order valence-electron chi connectivity index (χ2n) is 2.96. The van der Waals surface area contributed by atoms with Crippen LogP contribution in [-0.2, 0) is 9.32 Å². The van der Waals surface area contributed by atoms with E-state index >= 15 is 0 Å². The van der Waals surface area contributed by atoms with Gasteiger partial charge in [-0.3, -0.25) is 4.79 Å². The molecule has 98 valence electrons. The van der Waals surface area contributed by atoms with Gasteiger partial charge < -0.3 is 9.63 Å². The SMILES string of the molecule is CCCCCC(=O)CP(C)OC.CO.O=O. The number of carbonyl (C=O) groups excluding carboxylic acids is 1. The van der Waals surface area contributed by atoms with Crippen LogP contribution in [0.15, 0.2) is 0 Å². The first-order valence-corrected chi connectivity index (χ1v) is 6.98. The van der Waals surface area contributed by atoms with Crippen LogP contribution in [0.4, 0.5) is 0 Å². The van der Waals surface area contributed by atoms with E-state index in [1.54, 1.807) is 7.11 Å². The van der Waals surface area contributed by atoms with Gasteiger partial charge in [0.15, 0.2) is 0 Å². The van der Waals surface area contributed by atoms with Gasteiger partial charge in [0.25, 0.3) is 0 Å². The Kier molecular flexibility index (Phi) is 26.3. The maximum Gasteiger partial charge on any atom is 0.139 e. The predicted octanol–water partition coefficient (Wildman–Crippen LogP) is 2.48. The molecule has 0 aliphatic rings. The van der Waals surface area contributed by atoms with Crippen LogP contribution in [0.25, 0.3) is 0 Å². The van der Waals surface area contributed by atoms with Crippen LogP contribution in [0.2, 0.25) is 0 Å². The zero-order chi connectivity index (χ0) is 13.4. The summed E-state index contributed by atoms with van der Waals surface area (Å²) in [6.45, 7) is 4.14. The third-order valence-corrected chi connectivity index (χ3v) is 3.19. The molecule has 0 aromatic heterocycles. The van der Waals surface area contributed by atoms with Crippen molar-refractivity contribution < 1.29 is 14.4 Å². The van der Waals surface area contributed by atoms with Gasteiger partial charge in [0.1, 0.15) is 5.78 Å². The number of rotatable bonds is 7. The Labute approximate surface area is 98.6 Å². The van der Waals surface area contributed by atoms with E-state index in [4.69, 9.17) is 19.6 Å². The summed E-state index contributed by atoms with van der Waals surface area (Å²) in [4.78, 5) is 25.2. The van der Waals surface area contributed by atoms with Crippen molar-refractivity contribution in [3.63, 3.8) is 0 Å². The topological polar surface area (TPSA) is 80.7 Å². The van der Waals surface area contributed by atoms with E-state index in [1.807, 2.05) is 6.66 Å². The lowest BCUT2D eigenvalue weighted by Crippen LogP contribution is -2.03. The molecule has 1 atom stereocenters. The molecule has 0 bridgehead atoms. The van der Waals surface area contributed by atoms with E-state index in [2.05, 4.69) is 6.92 Å². The summed E-state index contributed by atoms with van der Waals surface area (Å²) in [5.74, 6) is 0.360. The smallest absolute Gasteiger partial charge is 0.139 e. The van der Waals surface area contributed by atoms with Gasteiger partial charge in [0.05, 0.1) is 6.16 Å². The lowest BCUT2D eigenvalue weighted by molar-refractivity contribution is -0.116. The quantitative estimate of drug-likeness (QED) is 0.557. The number of Topliss-reactive ketones (excluding diaryl/α,β-unsaturated/α-hetero) is 1. The number of hydrogen-bond acceptors (Lipinski definition) is 5. The van der Waals surface area contributed by atoms with Crippen LogP contribution < -0.4 is 0 Å². The van der Waals surface area contributed by atoms with E-state index in [9.17, 15) is 4.79 Å². The number of hydrogen-bond donors (Lipinski definition) is 1. The van der Waals surface area contributed by atoms with Crippen LogP contribution in [-0.4, -0.2) is 37.9 Å². The lowest BCUT2D eigenvalue weighted by atomic mass is 10.2. The number of aliphatic hydroxyl groups is 1. The molecule has 0 saturated carbocycles. The molecule has 6 heteroatoms. The van der Waals surface area contributed by atoms with Gasteiger partial charge >= 0.3 is 0 Å². The molecule has 0 aromatic carbocycles. The summed E-state index contributed by atoms with van der Waals surface area (Å²) in [5, 5.41) is 7.00. The van der Waals surface area contributed by atoms with Gasteiger partial charge in [-0.15, -0.1) is 0 Å². The summed E-state index contributed by atoms with van der Waals surface area (Å²) in [5.41, 5.74) is 0. The molecule has 0 rings (SSSR count). The third kappa shape index (κ3) is 19.2. The monoisotopic (exact) mass is 254 g/mol. The Balaban J connectivity index is -0.000000376. The molecule has 0 fully saturated rings. The molecule has 0 radical (unpaired) electrons. The molecule has 0 saturated heterocycles. The molecule has 0 aliphatic heterocycles. The summed E-state index contributed by atoms with van der Waals surface area (Å²) >= 11 is 0. The fourth-order valence-corrected chi connectivity index (χ4v) is 1.75. The van der Waals surface area contributed by atoms with Crippen molar-refractivity contribution in [3.05, 3.63) is 9.93 Å². The molecular weight excluding hydrogens is 231 g/mol. The molecule has 0 spiro atoms. The average Bonchev–Trinajstić information content (AvgIpc) is 2.34. The fourth-order valence-electron chi connectivity index (χ4n) is 0.964. The van der Waals surface area contributed by atoms with Gasteiger partial charge in [0, 0.05) is 38.7 Å². The summed E-state index contributed by atoms with van der Waals surface area (Å²) in [6.07, 6.45) is 4.76. The minimum Gasteiger partial charge on any atom is -0.400 e. The van der Waals surface area contributed by atoms with Gasteiger partial charge in [-0.1, -0.05) is 19.8 Å². The minimum absolute atomic E-state index is 0.360. The van der Waals surface area contributed by atoms with Crippen LogP contribution >= 0.6 is 8.15 Å². The highest BCUT2D eigenvalue weighted by Crippen LogP contribution is 2.30. The van der Waals surface area contributed by atoms with E-state index in [0.717, 1.165) is 20.0 Å². The van der Waals surface area contributed by atoms with Crippen molar-refractivity contribution in [2.75, 3.05) is 27.0 Å². The average molecular weight is 254 g/mol. The van der Waals surface area contributed by atoms with Crippen LogP contribution in [0.5, 0.6) is 0 Å². The summed E-state index contributed by atoms with van der Waals surface area (Å²) in [7, 11) is 2.18. The van der Waals surface area contributed by atoms with Crippen molar-refractivity contribution >= 4 is 13.9 Å². The molecule has 0 aliphatic carbocycles. The molecule has 0 heterocycles. The maximum absolute atomic E-state index is 11.2. The van der Waals surface area contributed by atoms with E-state index in [0.29, 0.717) is 11.9 Å². The van der Waals surface area contributed by atoms with E-state index < -0.39 is 8.15 Å². The Morgan fingerprint density at radius 2 is 1.75 bits per heavy atom. The molecule has 16 heavy (non-hydrogen) atoms. The van der Waals surface area contributed by atoms with Crippen molar-refractivity contribution in [2.45, 2.75) is 32.6 Å². The molecular formula is C10H23O5P. The van der Waals surface area contributed by atoms with Crippen LogP contribution in [0.3, 0.4) is 0 Å². The fraction of sp³-hybridized carbons (Fsp3) is 0.900. The first-order valence-electron chi connectivity index (χ1n) is 5.09. The molecule has 1 unspecified atom stereocenters. The molecule has 1 N–H and O–H groups in total. The van der Waals surface area contributed by atoms with Crippen LogP contribution in [0, 0.1) is 9.93 Å². The first-order chi connectivity index (χ1) is 7.70. The van der Waals surface area contributed by atoms with Gasteiger partial charge in [0.2, 0.25) is 0 Å². The predicted molar refractivity (Wildman–Crippen MR) is 68.7 cm³/mol. The zero-order valence-corrected chi connectivity index (χ0v) is 11.5. The van der Waals surface area contributed by atoms with Crippen molar-refractivity contribution in [3.8, 4) is 0 Å². The molecule has 5 nitrogen and oxygen atoms in total. The second-order valence-corrected chi connectivity index (χ2v) is 4.90. The highest BCUT2D eigenvalue weighted by Gasteiger charge is 2.06. The first kappa shape index (κ1) is 21.0. The van der Waals surface area contributed by atoms with Crippen molar-refractivity contribution in [2.24, 2.45) is 0 Å². The van der Waals surface area contributed by atoms with Gasteiger partial charge in [-0.25, -0.2) is 0 Å². The number of unbranched alkanes of at least 4 members (excludes halogenated alkanes) is 2. The Morgan fingerprint density at radius 3 is 2.12 bits per heavy atom. The molecule has 0 amide bonds. The Hall–Kier alpha value is -0.380. The minimum atomic E-state index is -0.488. The molecule has 0 aromatic rings. The third-order valence-electron chi connectivity index (χ3n) is 1.77. The van der Waals surface area contributed by atoms with Crippen molar-refractivity contribution in [1.82, 2.24) is 0 Å². The summed E-state index contributed by atoms with van der Waals surface area (Å²) in [6, 6.07) is 0. The van der Waals surface area contributed by atoms with E-state index in [-0.39, 0.29) is 0 Å². The highest BCUT2D eigenvalue weighted by atomic mass is 31.1. The lowest BCUT2D eigenvalue weighted by Gasteiger charge is -2.07. The summed E-state index contributed by atoms with van der Waals surface area (Å²) < 4.78 is 5.07. The maximum atomic E-state index is 11.2. The Morgan fingerprint density at radius 1 is 1.25 bits per heavy atom. The van der Waals surface area contributed by atoms with Gasteiger partial charge in [-0.05, 0) is 13.1 Å². The second kappa shape index (κ2) is 20.1. The standard InChI is InChI=1S/C9H19O2P.CH4O.O2/c1-4-5-6-7-9(10)8-12(3)11-2;2*1-2/h4-8H2,1-3H3;2H,1H3;. The number of ketones is 1. The van der Waals surface area contributed by atoms with Crippen LogP contribution in [0.1, 0.15) is 32.6 Å². The Bertz CT molecular complexity index is 143.